The minimum absolute atomic E-state index is 0. The molecule has 1 N–H and O–H groups in total. The summed E-state index contributed by atoms with van der Waals surface area (Å²) >= 11 is 0. The van der Waals surface area contributed by atoms with Gasteiger partial charge < -0.3 is 19.7 Å². The molecule has 0 aromatic heterocycles. The predicted octanol–water partition coefficient (Wildman–Crippen LogP) is 4.59. The molecule has 0 aromatic rings. The zero-order valence-corrected chi connectivity index (χ0v) is 20.2. The van der Waals surface area contributed by atoms with Crippen LogP contribution in [0.1, 0.15) is 77.0 Å². The number of unbranched alkanes of at least 4 members (excludes halogenated alkanes) is 1. The van der Waals surface area contributed by atoms with Crippen LogP contribution in [-0.2, 0) is 9.47 Å². The van der Waals surface area contributed by atoms with Gasteiger partial charge in [0.15, 0.2) is 5.96 Å². The number of nitrogens with one attached hydrogen (secondary N) is 1. The first-order valence-corrected chi connectivity index (χ1v) is 11.5. The third-order valence-corrected chi connectivity index (χ3v) is 6.54. The molecule has 3 fully saturated rings. The molecule has 1 saturated carbocycles. The molecule has 0 radical (unpaired) electrons. The lowest BCUT2D eigenvalue weighted by Crippen LogP contribution is -2.47. The molecular weight excluding hydrogens is 465 g/mol. The predicted molar refractivity (Wildman–Crippen MR) is 127 cm³/mol. The van der Waals surface area contributed by atoms with Crippen LogP contribution in [0.2, 0.25) is 0 Å². The number of aliphatic imine (C=N–C) groups is 1. The summed E-state index contributed by atoms with van der Waals surface area (Å²) in [5, 5.41) is 3.58. The van der Waals surface area contributed by atoms with Gasteiger partial charge in [-0.25, -0.2) is 0 Å². The van der Waals surface area contributed by atoms with Crippen molar-refractivity contribution in [3.05, 3.63) is 0 Å². The largest absolute Gasteiger partial charge is 0.376 e. The molecule has 3 aliphatic rings. The average Bonchev–Trinajstić information content (AvgIpc) is 3.24. The molecule has 2 aliphatic heterocycles. The Bertz CT molecular complexity index is 429. The summed E-state index contributed by atoms with van der Waals surface area (Å²) < 4.78 is 11.9. The van der Waals surface area contributed by atoms with Gasteiger partial charge in [-0.15, -0.1) is 24.0 Å². The van der Waals surface area contributed by atoms with Crippen molar-refractivity contribution in [1.82, 2.24) is 10.2 Å². The van der Waals surface area contributed by atoms with Crippen LogP contribution in [0, 0.1) is 5.92 Å². The molecule has 3 rings (SSSR count). The second-order valence-electron chi connectivity index (χ2n) is 8.63. The van der Waals surface area contributed by atoms with Crippen LogP contribution in [0.4, 0.5) is 0 Å². The first kappa shape index (κ1) is 24.2. The summed E-state index contributed by atoms with van der Waals surface area (Å²) in [6, 6.07) is 0. The summed E-state index contributed by atoms with van der Waals surface area (Å²) in [6.07, 6.45) is 16.5. The highest BCUT2D eigenvalue weighted by atomic mass is 127. The van der Waals surface area contributed by atoms with Crippen molar-refractivity contribution in [1.29, 1.82) is 0 Å². The third-order valence-electron chi connectivity index (χ3n) is 6.54. The van der Waals surface area contributed by atoms with E-state index in [0.29, 0.717) is 12.2 Å². The van der Waals surface area contributed by atoms with E-state index in [1.165, 1.54) is 57.8 Å². The molecule has 5 nitrogen and oxygen atoms in total. The van der Waals surface area contributed by atoms with Crippen LogP contribution in [0.15, 0.2) is 4.99 Å². The van der Waals surface area contributed by atoms with E-state index in [1.807, 2.05) is 7.05 Å². The standard InChI is InChI=1S/C22H41N3O2.HI/c1-23-22(24-14-6-4-10-19-8-2-3-9-19)25-15-12-20(13-16-25)27-18-21-11-5-7-17-26-21;/h19-21H,2-18H2,1H3,(H,23,24);1H. The molecule has 6 heteroatoms. The summed E-state index contributed by atoms with van der Waals surface area (Å²) in [7, 11) is 1.91. The van der Waals surface area contributed by atoms with Gasteiger partial charge in [0.1, 0.15) is 0 Å². The Morgan fingerprint density at radius 1 is 1.04 bits per heavy atom. The monoisotopic (exact) mass is 507 g/mol. The fraction of sp³-hybridized carbons (Fsp3) is 0.955. The van der Waals surface area contributed by atoms with E-state index in [2.05, 4.69) is 15.2 Å². The molecule has 2 heterocycles. The Morgan fingerprint density at radius 3 is 2.46 bits per heavy atom. The van der Waals surface area contributed by atoms with Crippen LogP contribution < -0.4 is 5.32 Å². The lowest BCUT2D eigenvalue weighted by molar-refractivity contribution is -0.0721. The molecule has 1 unspecified atom stereocenters. The maximum absolute atomic E-state index is 6.13. The zero-order valence-electron chi connectivity index (χ0n) is 17.9. The number of likely N-dealkylation sites (tertiary alicyclic amines) is 1. The van der Waals surface area contributed by atoms with Crippen LogP contribution in [0.5, 0.6) is 0 Å². The average molecular weight is 508 g/mol. The lowest BCUT2D eigenvalue weighted by atomic mass is 10.0. The fourth-order valence-corrected chi connectivity index (χ4v) is 4.81. The minimum atomic E-state index is 0. The van der Waals surface area contributed by atoms with Crippen molar-refractivity contribution >= 4 is 29.9 Å². The second kappa shape index (κ2) is 14.0. The molecule has 164 valence electrons. The molecule has 0 aromatic carbocycles. The van der Waals surface area contributed by atoms with Crippen molar-refractivity contribution in [2.75, 3.05) is 39.9 Å². The van der Waals surface area contributed by atoms with Gasteiger partial charge in [0.25, 0.3) is 0 Å². The smallest absolute Gasteiger partial charge is 0.193 e. The molecule has 0 spiro atoms. The van der Waals surface area contributed by atoms with Crippen LogP contribution in [-0.4, -0.2) is 63.0 Å². The number of nitrogens with zero attached hydrogens (tertiary/aromatic N) is 2. The third kappa shape index (κ3) is 8.34. The molecule has 2 saturated heterocycles. The normalized spacial score (nSPS) is 25.0. The molecular formula is C22H42IN3O2. The Kier molecular flexibility index (Phi) is 12.1. The first-order valence-electron chi connectivity index (χ1n) is 11.5. The molecule has 1 aliphatic carbocycles. The number of piperidine rings is 1. The van der Waals surface area contributed by atoms with Gasteiger partial charge >= 0.3 is 0 Å². The zero-order chi connectivity index (χ0) is 18.7. The Hall–Kier alpha value is -0.0800. The quantitative estimate of drug-likeness (QED) is 0.226. The van der Waals surface area contributed by atoms with Crippen molar-refractivity contribution in [3.63, 3.8) is 0 Å². The van der Waals surface area contributed by atoms with Crippen LogP contribution in [0.25, 0.3) is 0 Å². The molecule has 0 bridgehead atoms. The number of rotatable bonds is 8. The maximum atomic E-state index is 6.13. The number of guanidine groups is 1. The van der Waals surface area contributed by atoms with Gasteiger partial charge in [-0.3, -0.25) is 4.99 Å². The first-order chi connectivity index (χ1) is 13.3. The van der Waals surface area contributed by atoms with Crippen LogP contribution >= 0.6 is 24.0 Å². The molecule has 1 atom stereocenters. The molecule has 28 heavy (non-hydrogen) atoms. The van der Waals surface area contributed by atoms with E-state index in [4.69, 9.17) is 9.47 Å². The number of ether oxygens (including phenoxy) is 2. The van der Waals surface area contributed by atoms with Gasteiger partial charge in [-0.1, -0.05) is 38.5 Å². The van der Waals surface area contributed by atoms with Gasteiger partial charge in [-0.05, 0) is 44.4 Å². The minimum Gasteiger partial charge on any atom is -0.376 e. The van der Waals surface area contributed by atoms with Crippen molar-refractivity contribution < 1.29 is 9.47 Å². The van der Waals surface area contributed by atoms with Gasteiger partial charge in [-0.2, -0.15) is 0 Å². The Balaban J connectivity index is 0.00000280. The Labute approximate surface area is 189 Å². The van der Waals surface area contributed by atoms with Gasteiger partial charge in [0, 0.05) is 33.3 Å². The van der Waals surface area contributed by atoms with E-state index < -0.39 is 0 Å². The summed E-state index contributed by atoms with van der Waals surface area (Å²) in [5.74, 6) is 2.09. The van der Waals surface area contributed by atoms with Crippen molar-refractivity contribution in [2.24, 2.45) is 10.9 Å². The Morgan fingerprint density at radius 2 is 1.79 bits per heavy atom. The summed E-state index contributed by atoms with van der Waals surface area (Å²) in [6.45, 7) is 4.82. The SMILES string of the molecule is CN=C(NCCCCC1CCCC1)N1CCC(OCC2CCCCO2)CC1.I. The van der Waals surface area contributed by atoms with Gasteiger partial charge in [0.2, 0.25) is 0 Å². The molecule has 0 amide bonds. The fourth-order valence-electron chi connectivity index (χ4n) is 4.81. The van der Waals surface area contributed by atoms with E-state index in [1.54, 1.807) is 0 Å². The van der Waals surface area contributed by atoms with E-state index in [9.17, 15) is 0 Å². The van der Waals surface area contributed by atoms with Crippen LogP contribution in [0.3, 0.4) is 0 Å². The second-order valence-corrected chi connectivity index (χ2v) is 8.63. The van der Waals surface area contributed by atoms with E-state index >= 15 is 0 Å². The van der Waals surface area contributed by atoms with Crippen molar-refractivity contribution in [3.8, 4) is 0 Å². The summed E-state index contributed by atoms with van der Waals surface area (Å²) in [4.78, 5) is 6.90. The summed E-state index contributed by atoms with van der Waals surface area (Å²) in [5.41, 5.74) is 0. The highest BCUT2D eigenvalue weighted by Crippen LogP contribution is 2.28. The van der Waals surface area contributed by atoms with E-state index in [0.717, 1.165) is 64.0 Å². The topological polar surface area (TPSA) is 46.1 Å². The number of halogens is 1. The van der Waals surface area contributed by atoms with Crippen molar-refractivity contribution in [2.45, 2.75) is 89.3 Å². The van der Waals surface area contributed by atoms with E-state index in [-0.39, 0.29) is 24.0 Å². The highest BCUT2D eigenvalue weighted by molar-refractivity contribution is 14.0. The lowest BCUT2D eigenvalue weighted by Gasteiger charge is -2.35. The maximum Gasteiger partial charge on any atom is 0.193 e. The number of hydrogen-bond acceptors (Lipinski definition) is 3. The number of hydrogen-bond donors (Lipinski definition) is 1. The highest BCUT2D eigenvalue weighted by Gasteiger charge is 2.23. The van der Waals surface area contributed by atoms with Gasteiger partial charge in [0.05, 0.1) is 18.8 Å².